The number of aryl methyl sites for hydroxylation is 1. The number of rotatable bonds is 7. The molecule has 10 heteroatoms. The minimum absolute atomic E-state index is 0.00304. The van der Waals surface area contributed by atoms with Crippen molar-refractivity contribution < 1.29 is 17.9 Å². The van der Waals surface area contributed by atoms with Crippen LogP contribution in [0.3, 0.4) is 0 Å². The maximum absolute atomic E-state index is 13.6. The molecule has 0 spiro atoms. The van der Waals surface area contributed by atoms with Gasteiger partial charge >= 0.3 is 0 Å². The van der Waals surface area contributed by atoms with Crippen molar-refractivity contribution in [3.05, 3.63) is 59.8 Å². The quantitative estimate of drug-likeness (QED) is 0.449. The molecule has 1 aliphatic rings. The van der Waals surface area contributed by atoms with Crippen LogP contribution in [0, 0.1) is 12.8 Å². The van der Waals surface area contributed by atoms with Crippen molar-refractivity contribution in [3.8, 4) is 16.9 Å². The standard InChI is InChI=1S/C28H35N5O4S/c1-17(2)37-22-13-18(3)12-20(14-22)21-15-23(26(30-16-21)33-11-10-19(4)28(33,5)6)27(34)32-38(35,36)25-9-7-8-24(29)31-25/h7-9,12-17,19H,10-11H2,1-6H3,(H2,29,31)(H,32,34). The third-order valence-electron chi connectivity index (χ3n) is 7.06. The van der Waals surface area contributed by atoms with E-state index in [1.54, 1.807) is 12.3 Å². The van der Waals surface area contributed by atoms with Crippen LogP contribution in [0.2, 0.25) is 0 Å². The van der Waals surface area contributed by atoms with Gasteiger partial charge in [0.2, 0.25) is 0 Å². The number of nitrogen functional groups attached to an aromatic ring is 1. The Morgan fingerprint density at radius 2 is 1.92 bits per heavy atom. The van der Waals surface area contributed by atoms with Gasteiger partial charge in [0.05, 0.1) is 11.7 Å². The van der Waals surface area contributed by atoms with Gasteiger partial charge in [-0.25, -0.2) is 14.7 Å². The highest BCUT2D eigenvalue weighted by Gasteiger charge is 2.41. The number of pyridine rings is 2. The van der Waals surface area contributed by atoms with Crippen molar-refractivity contribution in [1.29, 1.82) is 0 Å². The SMILES string of the molecule is Cc1cc(OC(C)C)cc(-c2cnc(N3CCC(C)C3(C)C)c(C(=O)NS(=O)(=O)c3cccc(N)n3)c2)c1. The average Bonchev–Trinajstić information content (AvgIpc) is 3.09. The number of aromatic nitrogens is 2. The zero-order valence-electron chi connectivity index (χ0n) is 22.6. The molecule has 1 aliphatic heterocycles. The number of hydrogen-bond acceptors (Lipinski definition) is 8. The van der Waals surface area contributed by atoms with Crippen molar-refractivity contribution in [2.75, 3.05) is 17.2 Å². The summed E-state index contributed by atoms with van der Waals surface area (Å²) in [6.07, 6.45) is 2.64. The van der Waals surface area contributed by atoms with Gasteiger partial charge in [-0.15, -0.1) is 0 Å². The molecule has 0 radical (unpaired) electrons. The summed E-state index contributed by atoms with van der Waals surface area (Å²) in [5.41, 5.74) is 8.01. The van der Waals surface area contributed by atoms with Crippen LogP contribution in [-0.4, -0.2) is 42.5 Å². The summed E-state index contributed by atoms with van der Waals surface area (Å²) in [6.45, 7) is 12.9. The highest BCUT2D eigenvalue weighted by Crippen LogP contribution is 2.39. The van der Waals surface area contributed by atoms with E-state index in [0.29, 0.717) is 29.6 Å². The minimum Gasteiger partial charge on any atom is -0.491 e. The molecular weight excluding hydrogens is 502 g/mol. The lowest BCUT2D eigenvalue weighted by atomic mass is 9.90. The van der Waals surface area contributed by atoms with E-state index in [2.05, 4.69) is 35.4 Å². The molecule has 0 aliphatic carbocycles. The van der Waals surface area contributed by atoms with E-state index < -0.39 is 15.9 Å². The molecule has 3 heterocycles. The van der Waals surface area contributed by atoms with Crippen LogP contribution in [0.4, 0.5) is 11.6 Å². The van der Waals surface area contributed by atoms with E-state index in [1.165, 1.54) is 18.2 Å². The molecule has 38 heavy (non-hydrogen) atoms. The first-order valence-corrected chi connectivity index (χ1v) is 14.1. The van der Waals surface area contributed by atoms with Crippen molar-refractivity contribution in [3.63, 3.8) is 0 Å². The highest BCUT2D eigenvalue weighted by atomic mass is 32.2. The van der Waals surface area contributed by atoms with E-state index in [9.17, 15) is 13.2 Å². The first-order chi connectivity index (χ1) is 17.8. The molecule has 3 aromatic rings. The Morgan fingerprint density at radius 3 is 2.55 bits per heavy atom. The second kappa shape index (κ2) is 10.2. The highest BCUT2D eigenvalue weighted by molar-refractivity contribution is 7.90. The number of sulfonamides is 1. The van der Waals surface area contributed by atoms with E-state index >= 15 is 0 Å². The Bertz CT molecular complexity index is 1470. The first kappa shape index (κ1) is 27.4. The summed E-state index contributed by atoms with van der Waals surface area (Å²) in [5.74, 6) is 0.738. The maximum Gasteiger partial charge on any atom is 0.281 e. The van der Waals surface area contributed by atoms with Gasteiger partial charge in [0.15, 0.2) is 5.03 Å². The fraction of sp³-hybridized carbons (Fsp3) is 0.393. The number of benzene rings is 1. The number of ether oxygens (including phenoxy) is 1. The minimum atomic E-state index is -4.27. The third-order valence-corrected chi connectivity index (χ3v) is 8.29. The third kappa shape index (κ3) is 5.60. The molecule has 1 fully saturated rings. The predicted molar refractivity (Wildman–Crippen MR) is 149 cm³/mol. The number of carbonyl (C=O) groups excluding carboxylic acids is 1. The summed E-state index contributed by atoms with van der Waals surface area (Å²) in [6, 6.07) is 11.7. The Hall–Kier alpha value is -3.66. The zero-order valence-corrected chi connectivity index (χ0v) is 23.5. The largest absolute Gasteiger partial charge is 0.491 e. The molecule has 0 saturated carbocycles. The van der Waals surface area contributed by atoms with Gasteiger partial charge in [-0.3, -0.25) is 4.79 Å². The van der Waals surface area contributed by atoms with E-state index in [-0.39, 0.29) is 28.1 Å². The molecule has 1 amide bonds. The van der Waals surface area contributed by atoms with Crippen LogP contribution in [-0.2, 0) is 10.0 Å². The van der Waals surface area contributed by atoms with Gasteiger partial charge in [-0.2, -0.15) is 8.42 Å². The molecule has 9 nitrogen and oxygen atoms in total. The molecular formula is C28H35N5O4S. The van der Waals surface area contributed by atoms with Crippen molar-refractivity contribution >= 4 is 27.6 Å². The second-order valence-corrected chi connectivity index (χ2v) is 12.3. The van der Waals surface area contributed by atoms with E-state index in [0.717, 1.165) is 17.5 Å². The molecule has 1 aromatic carbocycles. The second-order valence-electron chi connectivity index (χ2n) is 10.6. The number of nitrogens with zero attached hydrogens (tertiary/aromatic N) is 3. The fourth-order valence-electron chi connectivity index (χ4n) is 4.67. The Kier molecular flexibility index (Phi) is 7.38. The van der Waals surface area contributed by atoms with Gasteiger partial charge < -0.3 is 15.4 Å². The van der Waals surface area contributed by atoms with Crippen molar-refractivity contribution in [2.45, 2.75) is 64.6 Å². The molecule has 1 saturated heterocycles. The van der Waals surface area contributed by atoms with Crippen LogP contribution in [0.15, 0.2) is 53.7 Å². The molecule has 1 unspecified atom stereocenters. The summed E-state index contributed by atoms with van der Waals surface area (Å²) in [5, 5.41) is -0.333. The van der Waals surface area contributed by atoms with Crippen LogP contribution >= 0.6 is 0 Å². The van der Waals surface area contributed by atoms with Gasteiger partial charge in [-0.1, -0.05) is 19.1 Å². The molecule has 2 aromatic heterocycles. The Morgan fingerprint density at radius 1 is 1.18 bits per heavy atom. The van der Waals surface area contributed by atoms with E-state index in [1.807, 2.05) is 39.0 Å². The van der Waals surface area contributed by atoms with Gasteiger partial charge in [0.25, 0.3) is 15.9 Å². The molecule has 4 rings (SSSR count). The number of hydrogen-bond donors (Lipinski definition) is 2. The lowest BCUT2D eigenvalue weighted by Gasteiger charge is -2.36. The number of nitrogens with two attached hydrogens (primary N) is 1. The monoisotopic (exact) mass is 537 g/mol. The molecule has 202 valence electrons. The van der Waals surface area contributed by atoms with Gasteiger partial charge in [-0.05, 0) is 88.4 Å². The topological polar surface area (TPSA) is 128 Å². The summed E-state index contributed by atoms with van der Waals surface area (Å²) < 4.78 is 34.1. The van der Waals surface area contributed by atoms with Gasteiger partial charge in [0.1, 0.15) is 17.4 Å². The number of anilines is 2. The summed E-state index contributed by atoms with van der Waals surface area (Å²) in [7, 11) is -4.27. The summed E-state index contributed by atoms with van der Waals surface area (Å²) in [4.78, 5) is 24.3. The smallest absolute Gasteiger partial charge is 0.281 e. The average molecular weight is 538 g/mol. The molecule has 3 N–H and O–H groups in total. The number of carbonyl (C=O) groups is 1. The van der Waals surface area contributed by atoms with Crippen LogP contribution in [0.1, 0.15) is 57.0 Å². The predicted octanol–water partition coefficient (Wildman–Crippen LogP) is 4.56. The molecule has 1 atom stereocenters. The first-order valence-electron chi connectivity index (χ1n) is 12.6. The fourth-order valence-corrected chi connectivity index (χ4v) is 5.61. The van der Waals surface area contributed by atoms with Gasteiger partial charge in [0, 0.05) is 23.8 Å². The van der Waals surface area contributed by atoms with Crippen LogP contribution in [0.5, 0.6) is 5.75 Å². The maximum atomic E-state index is 13.6. The Labute approximate surface area is 224 Å². The normalized spacial score (nSPS) is 17.0. The zero-order chi connectivity index (χ0) is 27.8. The van der Waals surface area contributed by atoms with E-state index in [4.69, 9.17) is 15.5 Å². The van der Waals surface area contributed by atoms with Crippen LogP contribution in [0.25, 0.3) is 11.1 Å². The van der Waals surface area contributed by atoms with Crippen molar-refractivity contribution in [2.24, 2.45) is 5.92 Å². The summed E-state index contributed by atoms with van der Waals surface area (Å²) >= 11 is 0. The lowest BCUT2D eigenvalue weighted by molar-refractivity contribution is 0.0981. The van der Waals surface area contributed by atoms with Crippen molar-refractivity contribution in [1.82, 2.24) is 14.7 Å². The van der Waals surface area contributed by atoms with Crippen LogP contribution < -0.4 is 20.1 Å². The number of nitrogens with one attached hydrogen (secondary N) is 1. The molecule has 0 bridgehead atoms. The number of amides is 1. The Balaban J connectivity index is 1.80. The lowest BCUT2D eigenvalue weighted by Crippen LogP contribution is -2.43.